The van der Waals surface area contributed by atoms with Crippen LogP contribution in [0.25, 0.3) is 0 Å². The number of benzene rings is 1. The minimum atomic E-state index is -0.143. The molecule has 0 bridgehead atoms. The molecule has 1 aromatic carbocycles. The fourth-order valence-electron chi connectivity index (χ4n) is 1.80. The molecular weight excluding hydrogens is 242 g/mol. The van der Waals surface area contributed by atoms with E-state index in [2.05, 4.69) is 4.98 Å². The molecule has 0 aliphatic heterocycles. The summed E-state index contributed by atoms with van der Waals surface area (Å²) < 4.78 is 10.3. The molecule has 19 heavy (non-hydrogen) atoms. The lowest BCUT2D eigenvalue weighted by molar-refractivity contribution is 0.103. The van der Waals surface area contributed by atoms with Crippen molar-refractivity contribution in [2.45, 2.75) is 6.92 Å². The molecule has 0 radical (unpaired) electrons. The first-order valence-electron chi connectivity index (χ1n) is 5.85. The Hall–Kier alpha value is -2.36. The number of nitrogens with zero attached hydrogens (tertiary/aromatic N) is 1. The maximum Gasteiger partial charge on any atom is 0.211 e. The van der Waals surface area contributed by atoms with Crippen molar-refractivity contribution in [3.8, 4) is 11.5 Å². The third kappa shape index (κ3) is 2.73. The predicted molar refractivity (Wildman–Crippen MR) is 72.0 cm³/mol. The fourth-order valence-corrected chi connectivity index (χ4v) is 1.80. The number of rotatable bonds is 4. The van der Waals surface area contributed by atoms with Crippen LogP contribution in [-0.4, -0.2) is 25.0 Å². The lowest BCUT2D eigenvalue weighted by Crippen LogP contribution is -2.06. The number of carbonyl (C=O) groups excluding carboxylic acids is 1. The Morgan fingerprint density at radius 2 is 1.74 bits per heavy atom. The fraction of sp³-hybridized carbons (Fsp3) is 0.200. The first-order valence-corrected chi connectivity index (χ1v) is 5.85. The van der Waals surface area contributed by atoms with Crippen LogP contribution >= 0.6 is 0 Å². The highest BCUT2D eigenvalue weighted by atomic mass is 16.5. The second-order valence-electron chi connectivity index (χ2n) is 4.10. The summed E-state index contributed by atoms with van der Waals surface area (Å²) in [5.74, 6) is 1.02. The molecule has 0 atom stereocenters. The molecule has 0 spiro atoms. The number of pyridine rings is 1. The molecule has 0 fully saturated rings. The van der Waals surface area contributed by atoms with Crippen molar-refractivity contribution in [3.63, 3.8) is 0 Å². The number of ether oxygens (including phenoxy) is 2. The third-order valence-corrected chi connectivity index (χ3v) is 2.84. The monoisotopic (exact) mass is 257 g/mol. The Labute approximate surface area is 112 Å². The molecule has 4 heteroatoms. The maximum atomic E-state index is 12.4. The van der Waals surface area contributed by atoms with E-state index in [0.717, 1.165) is 5.56 Å². The Kier molecular flexibility index (Phi) is 3.80. The van der Waals surface area contributed by atoms with Gasteiger partial charge in [0.15, 0.2) is 0 Å². The van der Waals surface area contributed by atoms with Crippen molar-refractivity contribution in [3.05, 3.63) is 53.3 Å². The van der Waals surface area contributed by atoms with Gasteiger partial charge in [0.1, 0.15) is 17.2 Å². The SMILES string of the molecule is COc1cc(OC)cc(C(=O)c2ncccc2C)c1. The zero-order valence-corrected chi connectivity index (χ0v) is 11.1. The van der Waals surface area contributed by atoms with Crippen LogP contribution in [0.2, 0.25) is 0 Å². The number of methoxy groups -OCH3 is 2. The van der Waals surface area contributed by atoms with Gasteiger partial charge in [-0.05, 0) is 30.7 Å². The Bertz CT molecular complexity index is 586. The van der Waals surface area contributed by atoms with Crippen molar-refractivity contribution < 1.29 is 14.3 Å². The van der Waals surface area contributed by atoms with E-state index < -0.39 is 0 Å². The van der Waals surface area contributed by atoms with Gasteiger partial charge < -0.3 is 9.47 Å². The van der Waals surface area contributed by atoms with E-state index in [1.54, 1.807) is 44.7 Å². The van der Waals surface area contributed by atoms with Crippen LogP contribution in [0, 0.1) is 6.92 Å². The molecule has 0 unspecified atom stereocenters. The van der Waals surface area contributed by atoms with E-state index in [0.29, 0.717) is 22.8 Å². The number of aryl methyl sites for hydroxylation is 1. The van der Waals surface area contributed by atoms with Gasteiger partial charge in [-0.2, -0.15) is 0 Å². The first-order chi connectivity index (χ1) is 9.15. The molecule has 1 aromatic heterocycles. The molecule has 98 valence electrons. The average Bonchev–Trinajstić information content (AvgIpc) is 2.46. The second kappa shape index (κ2) is 5.52. The van der Waals surface area contributed by atoms with Gasteiger partial charge in [-0.1, -0.05) is 6.07 Å². The van der Waals surface area contributed by atoms with E-state index >= 15 is 0 Å². The minimum absolute atomic E-state index is 0.143. The average molecular weight is 257 g/mol. The highest BCUT2D eigenvalue weighted by Gasteiger charge is 2.15. The summed E-state index contributed by atoms with van der Waals surface area (Å²) in [6.45, 7) is 1.86. The van der Waals surface area contributed by atoms with Gasteiger partial charge in [-0.15, -0.1) is 0 Å². The molecule has 2 rings (SSSR count). The number of carbonyl (C=O) groups is 1. The second-order valence-corrected chi connectivity index (χ2v) is 4.10. The van der Waals surface area contributed by atoms with Crippen molar-refractivity contribution in [1.82, 2.24) is 4.98 Å². The van der Waals surface area contributed by atoms with Gasteiger partial charge in [0, 0.05) is 17.8 Å². The van der Waals surface area contributed by atoms with Gasteiger partial charge in [-0.3, -0.25) is 9.78 Å². The van der Waals surface area contributed by atoms with Crippen molar-refractivity contribution in [2.75, 3.05) is 14.2 Å². The Morgan fingerprint density at radius 3 is 2.26 bits per heavy atom. The third-order valence-electron chi connectivity index (χ3n) is 2.84. The zero-order chi connectivity index (χ0) is 13.8. The largest absolute Gasteiger partial charge is 0.497 e. The van der Waals surface area contributed by atoms with E-state index in [-0.39, 0.29) is 5.78 Å². The maximum absolute atomic E-state index is 12.4. The van der Waals surface area contributed by atoms with E-state index in [1.807, 2.05) is 13.0 Å². The lowest BCUT2D eigenvalue weighted by atomic mass is 10.0. The number of hydrogen-bond acceptors (Lipinski definition) is 4. The molecule has 2 aromatic rings. The molecule has 0 aliphatic rings. The van der Waals surface area contributed by atoms with Crippen LogP contribution in [0.3, 0.4) is 0 Å². The Morgan fingerprint density at radius 1 is 1.11 bits per heavy atom. The number of ketones is 1. The summed E-state index contributed by atoms with van der Waals surface area (Å²) in [7, 11) is 3.10. The van der Waals surface area contributed by atoms with Crippen molar-refractivity contribution in [1.29, 1.82) is 0 Å². The molecular formula is C15H15NO3. The van der Waals surface area contributed by atoms with Gasteiger partial charge in [0.25, 0.3) is 0 Å². The van der Waals surface area contributed by atoms with Crippen LogP contribution in [0.15, 0.2) is 36.5 Å². The molecule has 4 nitrogen and oxygen atoms in total. The lowest BCUT2D eigenvalue weighted by Gasteiger charge is -2.08. The highest BCUT2D eigenvalue weighted by Crippen LogP contribution is 2.24. The topological polar surface area (TPSA) is 48.4 Å². The van der Waals surface area contributed by atoms with Crippen LogP contribution in [0.4, 0.5) is 0 Å². The van der Waals surface area contributed by atoms with Crippen LogP contribution in [0.5, 0.6) is 11.5 Å². The predicted octanol–water partition coefficient (Wildman–Crippen LogP) is 2.64. The number of aromatic nitrogens is 1. The summed E-state index contributed by atoms with van der Waals surface area (Å²) >= 11 is 0. The summed E-state index contributed by atoms with van der Waals surface area (Å²) in [4.78, 5) is 16.6. The van der Waals surface area contributed by atoms with E-state index in [1.165, 1.54) is 0 Å². The Balaban J connectivity index is 2.47. The zero-order valence-electron chi connectivity index (χ0n) is 11.1. The van der Waals surface area contributed by atoms with Gasteiger partial charge in [0.05, 0.1) is 14.2 Å². The van der Waals surface area contributed by atoms with Crippen LogP contribution < -0.4 is 9.47 Å². The summed E-state index contributed by atoms with van der Waals surface area (Å²) in [5.41, 5.74) is 1.78. The molecule has 0 saturated heterocycles. The molecule has 0 N–H and O–H groups in total. The molecule has 1 heterocycles. The van der Waals surface area contributed by atoms with E-state index in [4.69, 9.17) is 9.47 Å². The summed E-state index contributed by atoms with van der Waals surface area (Å²) in [6, 6.07) is 8.75. The quantitative estimate of drug-likeness (QED) is 0.790. The first kappa shape index (κ1) is 13.1. The summed E-state index contributed by atoms with van der Waals surface area (Å²) in [5, 5.41) is 0. The highest BCUT2D eigenvalue weighted by molar-refractivity contribution is 6.09. The van der Waals surface area contributed by atoms with Crippen molar-refractivity contribution in [2.24, 2.45) is 0 Å². The van der Waals surface area contributed by atoms with Gasteiger partial charge in [-0.25, -0.2) is 0 Å². The van der Waals surface area contributed by atoms with Gasteiger partial charge >= 0.3 is 0 Å². The molecule has 0 amide bonds. The molecule has 0 saturated carbocycles. The van der Waals surface area contributed by atoms with Crippen LogP contribution in [-0.2, 0) is 0 Å². The van der Waals surface area contributed by atoms with Crippen molar-refractivity contribution >= 4 is 5.78 Å². The van der Waals surface area contributed by atoms with Crippen LogP contribution in [0.1, 0.15) is 21.6 Å². The smallest absolute Gasteiger partial charge is 0.211 e. The van der Waals surface area contributed by atoms with E-state index in [9.17, 15) is 4.79 Å². The molecule has 0 aliphatic carbocycles. The standard InChI is InChI=1S/C15H15NO3/c1-10-5-4-6-16-14(10)15(17)11-7-12(18-2)9-13(8-11)19-3/h4-9H,1-3H3. The minimum Gasteiger partial charge on any atom is -0.497 e. The summed E-state index contributed by atoms with van der Waals surface area (Å²) in [6.07, 6.45) is 1.61. The van der Waals surface area contributed by atoms with Gasteiger partial charge in [0.2, 0.25) is 5.78 Å². The number of hydrogen-bond donors (Lipinski definition) is 0. The normalized spacial score (nSPS) is 10.1.